The minimum Gasteiger partial charge on any atom is -0.381 e. The van der Waals surface area contributed by atoms with Gasteiger partial charge in [-0.1, -0.05) is 6.92 Å². The van der Waals surface area contributed by atoms with Crippen LogP contribution in [0.25, 0.3) is 0 Å². The van der Waals surface area contributed by atoms with Crippen LogP contribution in [0.4, 0.5) is 0 Å². The normalized spacial score (nSPS) is 23.2. The number of nitrogens with two attached hydrogens (primary N) is 1. The Balaban J connectivity index is 2.14. The molecule has 2 heterocycles. The molecule has 1 aliphatic rings. The average molecular weight is 240 g/mol. The molecular weight excluding hydrogens is 220 g/mol. The Morgan fingerprint density at radius 1 is 1.69 bits per heavy atom. The monoisotopic (exact) mass is 240 g/mol. The molecule has 2 unspecified atom stereocenters. The highest BCUT2D eigenvalue weighted by atomic mass is 32.1. The Bertz CT molecular complexity index is 321. The largest absolute Gasteiger partial charge is 0.381 e. The van der Waals surface area contributed by atoms with Crippen molar-refractivity contribution in [3.8, 4) is 0 Å². The predicted octanol–water partition coefficient (Wildman–Crippen LogP) is 2.24. The highest BCUT2D eigenvalue weighted by Crippen LogP contribution is 2.33. The lowest BCUT2D eigenvalue weighted by atomic mass is 9.91. The molecule has 4 heteroatoms. The molecule has 1 fully saturated rings. The quantitative estimate of drug-likeness (QED) is 0.627. The second-order valence-corrected chi connectivity index (χ2v) is 5.23. The van der Waals surface area contributed by atoms with Crippen LogP contribution in [-0.2, 0) is 11.2 Å². The van der Waals surface area contributed by atoms with Gasteiger partial charge in [-0.3, -0.25) is 11.3 Å². The average Bonchev–Trinajstić information content (AvgIpc) is 2.80. The first-order valence-electron chi connectivity index (χ1n) is 5.97. The van der Waals surface area contributed by atoms with E-state index in [-0.39, 0.29) is 6.04 Å². The summed E-state index contributed by atoms with van der Waals surface area (Å²) in [5, 5.41) is 2.15. The number of rotatable bonds is 4. The zero-order valence-electron chi connectivity index (χ0n) is 9.74. The molecule has 3 nitrogen and oxygen atoms in total. The minimum absolute atomic E-state index is 0.259. The fourth-order valence-corrected chi connectivity index (χ4v) is 3.52. The van der Waals surface area contributed by atoms with Crippen molar-refractivity contribution >= 4 is 11.3 Å². The zero-order valence-corrected chi connectivity index (χ0v) is 10.6. The molecule has 0 amide bonds. The molecule has 16 heavy (non-hydrogen) atoms. The van der Waals surface area contributed by atoms with Crippen LogP contribution in [-0.4, -0.2) is 13.2 Å². The van der Waals surface area contributed by atoms with Crippen molar-refractivity contribution in [2.24, 2.45) is 11.8 Å². The maximum absolute atomic E-state index is 5.72. The Kier molecular flexibility index (Phi) is 4.35. The fraction of sp³-hybridized carbons (Fsp3) is 0.667. The number of thiophene rings is 1. The van der Waals surface area contributed by atoms with Crippen LogP contribution in [0.1, 0.15) is 36.2 Å². The van der Waals surface area contributed by atoms with Gasteiger partial charge in [0, 0.05) is 17.4 Å². The summed E-state index contributed by atoms with van der Waals surface area (Å²) >= 11 is 1.80. The first-order chi connectivity index (χ1) is 7.86. The topological polar surface area (TPSA) is 47.3 Å². The van der Waals surface area contributed by atoms with Crippen LogP contribution < -0.4 is 11.3 Å². The SMILES string of the molecule is CCc1ccsc1C(NN)C1CCCOC1. The van der Waals surface area contributed by atoms with Crippen LogP contribution in [0.15, 0.2) is 11.4 Å². The molecule has 3 N–H and O–H groups in total. The summed E-state index contributed by atoms with van der Waals surface area (Å²) in [7, 11) is 0. The highest BCUT2D eigenvalue weighted by molar-refractivity contribution is 7.10. The number of ether oxygens (including phenoxy) is 1. The van der Waals surface area contributed by atoms with Crippen LogP contribution in [0.2, 0.25) is 0 Å². The first kappa shape index (κ1) is 12.0. The van der Waals surface area contributed by atoms with Crippen molar-refractivity contribution in [1.29, 1.82) is 0 Å². The van der Waals surface area contributed by atoms with E-state index in [9.17, 15) is 0 Å². The van der Waals surface area contributed by atoms with Gasteiger partial charge < -0.3 is 4.74 Å². The van der Waals surface area contributed by atoms with E-state index in [1.165, 1.54) is 16.9 Å². The minimum atomic E-state index is 0.259. The predicted molar refractivity (Wildman–Crippen MR) is 67.3 cm³/mol. The van der Waals surface area contributed by atoms with Crippen molar-refractivity contribution in [3.63, 3.8) is 0 Å². The van der Waals surface area contributed by atoms with Gasteiger partial charge in [-0.25, -0.2) is 0 Å². The Hall–Kier alpha value is -0.420. The number of hydrogen-bond acceptors (Lipinski definition) is 4. The van der Waals surface area contributed by atoms with Gasteiger partial charge in [0.1, 0.15) is 0 Å². The summed E-state index contributed by atoms with van der Waals surface area (Å²) in [5.41, 5.74) is 4.39. The summed E-state index contributed by atoms with van der Waals surface area (Å²) in [6, 6.07) is 2.46. The van der Waals surface area contributed by atoms with Crippen LogP contribution >= 0.6 is 11.3 Å². The van der Waals surface area contributed by atoms with E-state index in [0.29, 0.717) is 5.92 Å². The lowest BCUT2D eigenvalue weighted by Crippen LogP contribution is -2.37. The maximum atomic E-state index is 5.72. The summed E-state index contributed by atoms with van der Waals surface area (Å²) in [4.78, 5) is 1.39. The van der Waals surface area contributed by atoms with Gasteiger partial charge >= 0.3 is 0 Å². The number of hydrazine groups is 1. The molecule has 0 radical (unpaired) electrons. The molecule has 1 aromatic heterocycles. The lowest BCUT2D eigenvalue weighted by molar-refractivity contribution is 0.0394. The van der Waals surface area contributed by atoms with E-state index in [1.807, 2.05) is 0 Å². The fourth-order valence-electron chi connectivity index (χ4n) is 2.37. The van der Waals surface area contributed by atoms with Crippen molar-refractivity contribution in [1.82, 2.24) is 5.43 Å². The second kappa shape index (κ2) is 5.77. The van der Waals surface area contributed by atoms with Crippen molar-refractivity contribution < 1.29 is 4.74 Å². The lowest BCUT2D eigenvalue weighted by Gasteiger charge is -2.29. The second-order valence-electron chi connectivity index (χ2n) is 4.29. The van der Waals surface area contributed by atoms with Gasteiger partial charge in [0.2, 0.25) is 0 Å². The number of nitrogens with one attached hydrogen (secondary N) is 1. The standard InChI is InChI=1S/C12H20N2OS/c1-2-9-5-7-16-12(9)11(14-13)10-4-3-6-15-8-10/h5,7,10-11,14H,2-4,6,8,13H2,1H3. The van der Waals surface area contributed by atoms with Gasteiger partial charge in [-0.2, -0.15) is 0 Å². The molecule has 0 spiro atoms. The van der Waals surface area contributed by atoms with Crippen molar-refractivity contribution in [2.45, 2.75) is 32.2 Å². The maximum Gasteiger partial charge on any atom is 0.0606 e. The van der Waals surface area contributed by atoms with Gasteiger partial charge in [0.15, 0.2) is 0 Å². The van der Waals surface area contributed by atoms with Gasteiger partial charge in [-0.15, -0.1) is 11.3 Å². The molecule has 2 rings (SSSR count). The van der Waals surface area contributed by atoms with Gasteiger partial charge in [-0.05, 0) is 36.3 Å². The van der Waals surface area contributed by atoms with E-state index in [2.05, 4.69) is 23.8 Å². The van der Waals surface area contributed by atoms with Crippen LogP contribution in [0, 0.1) is 5.92 Å². The molecule has 1 aliphatic heterocycles. The summed E-state index contributed by atoms with van der Waals surface area (Å²) in [6.07, 6.45) is 3.43. The third-order valence-corrected chi connectivity index (χ3v) is 4.33. The Morgan fingerprint density at radius 2 is 2.56 bits per heavy atom. The highest BCUT2D eigenvalue weighted by Gasteiger charge is 2.26. The van der Waals surface area contributed by atoms with Gasteiger partial charge in [0.25, 0.3) is 0 Å². The first-order valence-corrected chi connectivity index (χ1v) is 6.85. The van der Waals surface area contributed by atoms with E-state index in [0.717, 1.165) is 26.1 Å². The molecule has 2 atom stereocenters. The van der Waals surface area contributed by atoms with Gasteiger partial charge in [0.05, 0.1) is 12.6 Å². The van der Waals surface area contributed by atoms with Crippen molar-refractivity contribution in [2.75, 3.05) is 13.2 Å². The number of hydrogen-bond donors (Lipinski definition) is 2. The van der Waals surface area contributed by atoms with Crippen molar-refractivity contribution in [3.05, 3.63) is 21.9 Å². The molecule has 1 saturated heterocycles. The smallest absolute Gasteiger partial charge is 0.0606 e. The molecule has 1 aromatic rings. The van der Waals surface area contributed by atoms with E-state index in [1.54, 1.807) is 11.3 Å². The number of aryl methyl sites for hydroxylation is 1. The van der Waals surface area contributed by atoms with Crippen LogP contribution in [0.3, 0.4) is 0 Å². The molecule has 90 valence electrons. The molecular formula is C12H20N2OS. The Labute approximate surface area is 101 Å². The molecule has 0 bridgehead atoms. The Morgan fingerprint density at radius 3 is 3.19 bits per heavy atom. The summed E-state index contributed by atoms with van der Waals surface area (Å²) in [6.45, 7) is 3.92. The summed E-state index contributed by atoms with van der Waals surface area (Å²) < 4.78 is 5.55. The zero-order chi connectivity index (χ0) is 11.4. The molecule has 0 aromatic carbocycles. The third-order valence-electron chi connectivity index (χ3n) is 3.29. The van der Waals surface area contributed by atoms with Crippen LogP contribution in [0.5, 0.6) is 0 Å². The molecule has 0 aliphatic carbocycles. The summed E-state index contributed by atoms with van der Waals surface area (Å²) in [5.74, 6) is 6.24. The van der Waals surface area contributed by atoms with E-state index >= 15 is 0 Å². The van der Waals surface area contributed by atoms with E-state index < -0.39 is 0 Å². The molecule has 0 saturated carbocycles. The van der Waals surface area contributed by atoms with E-state index in [4.69, 9.17) is 10.6 Å². The third kappa shape index (κ3) is 2.46.